The highest BCUT2D eigenvalue weighted by Crippen LogP contribution is 2.04. The molecule has 1 rings (SSSR count). The molecule has 0 spiro atoms. The zero-order chi connectivity index (χ0) is 8.97. The Kier molecular flexibility index (Phi) is 2.90. The summed E-state index contributed by atoms with van der Waals surface area (Å²) >= 11 is 0. The second kappa shape index (κ2) is 3.94. The number of carbonyl (C=O) groups excluding carboxylic acids is 1. The molecule has 1 heterocycles. The van der Waals surface area contributed by atoms with E-state index in [1.807, 2.05) is 0 Å². The van der Waals surface area contributed by atoms with Gasteiger partial charge in [0, 0.05) is 18.3 Å². The third kappa shape index (κ3) is 1.87. The van der Waals surface area contributed by atoms with Crippen molar-refractivity contribution >= 4 is 6.29 Å². The van der Waals surface area contributed by atoms with Gasteiger partial charge in [0.25, 0.3) is 0 Å². The Morgan fingerprint density at radius 2 is 2.33 bits per heavy atom. The van der Waals surface area contributed by atoms with Crippen LogP contribution in [0.1, 0.15) is 22.1 Å². The smallest absolute Gasteiger partial charge is 0.151 e. The monoisotopic (exact) mass is 165 g/mol. The van der Waals surface area contributed by atoms with Gasteiger partial charge in [-0.3, -0.25) is 9.78 Å². The minimum absolute atomic E-state index is 0.245. The standard InChI is InChI=1S/C8H11N3O/c9-3-7(10)8-2-1-6(5-12)4-11-8/h1-2,4-5,7H,3,9-10H2/t7-/m0/s1. The van der Waals surface area contributed by atoms with E-state index < -0.39 is 0 Å². The first kappa shape index (κ1) is 8.83. The lowest BCUT2D eigenvalue weighted by molar-refractivity contribution is 0.112. The highest BCUT2D eigenvalue weighted by Gasteiger charge is 2.03. The maximum Gasteiger partial charge on any atom is 0.151 e. The van der Waals surface area contributed by atoms with Gasteiger partial charge in [-0.15, -0.1) is 0 Å². The van der Waals surface area contributed by atoms with Gasteiger partial charge in [-0.2, -0.15) is 0 Å². The van der Waals surface area contributed by atoms with E-state index in [-0.39, 0.29) is 6.04 Å². The van der Waals surface area contributed by atoms with Crippen LogP contribution in [-0.2, 0) is 0 Å². The average Bonchev–Trinajstić information content (AvgIpc) is 2.17. The predicted octanol–water partition coefficient (Wildman–Crippen LogP) is -0.147. The highest BCUT2D eigenvalue weighted by molar-refractivity contribution is 5.73. The molecule has 64 valence electrons. The summed E-state index contributed by atoms with van der Waals surface area (Å²) in [5, 5.41) is 0. The van der Waals surface area contributed by atoms with Gasteiger partial charge in [-0.05, 0) is 12.1 Å². The number of aromatic nitrogens is 1. The molecule has 0 bridgehead atoms. The lowest BCUT2D eigenvalue weighted by Crippen LogP contribution is -2.21. The minimum Gasteiger partial charge on any atom is -0.329 e. The van der Waals surface area contributed by atoms with E-state index in [1.54, 1.807) is 12.1 Å². The molecule has 1 atom stereocenters. The number of nitrogens with zero attached hydrogens (tertiary/aromatic N) is 1. The van der Waals surface area contributed by atoms with Crippen molar-refractivity contribution in [3.63, 3.8) is 0 Å². The van der Waals surface area contributed by atoms with E-state index in [2.05, 4.69) is 4.98 Å². The molecule has 0 aromatic carbocycles. The Labute approximate surface area is 70.6 Å². The second-order valence-electron chi connectivity index (χ2n) is 2.48. The fraction of sp³-hybridized carbons (Fsp3) is 0.250. The summed E-state index contributed by atoms with van der Waals surface area (Å²) in [7, 11) is 0. The largest absolute Gasteiger partial charge is 0.329 e. The third-order valence-corrected chi connectivity index (χ3v) is 1.58. The summed E-state index contributed by atoms with van der Waals surface area (Å²) in [6.45, 7) is 0.355. The van der Waals surface area contributed by atoms with Crippen molar-refractivity contribution in [3.05, 3.63) is 29.6 Å². The number of pyridine rings is 1. The molecule has 12 heavy (non-hydrogen) atoms. The van der Waals surface area contributed by atoms with Gasteiger partial charge in [0.1, 0.15) is 0 Å². The molecule has 0 saturated heterocycles. The average molecular weight is 165 g/mol. The molecule has 1 aromatic rings. The Balaban J connectivity index is 2.84. The van der Waals surface area contributed by atoms with Gasteiger partial charge in [-0.25, -0.2) is 0 Å². The van der Waals surface area contributed by atoms with Crippen LogP contribution in [0, 0.1) is 0 Å². The Bertz CT molecular complexity index is 258. The summed E-state index contributed by atoms with van der Waals surface area (Å²) in [6.07, 6.45) is 2.22. The molecule has 4 nitrogen and oxygen atoms in total. The van der Waals surface area contributed by atoms with Crippen molar-refractivity contribution in [3.8, 4) is 0 Å². The number of hydrogen-bond donors (Lipinski definition) is 2. The van der Waals surface area contributed by atoms with Crippen molar-refractivity contribution in [2.75, 3.05) is 6.54 Å². The van der Waals surface area contributed by atoms with E-state index in [0.29, 0.717) is 17.8 Å². The van der Waals surface area contributed by atoms with Gasteiger partial charge in [0.15, 0.2) is 6.29 Å². The molecule has 0 aliphatic rings. The van der Waals surface area contributed by atoms with Crippen molar-refractivity contribution < 1.29 is 4.79 Å². The number of aldehydes is 1. The maximum absolute atomic E-state index is 10.3. The highest BCUT2D eigenvalue weighted by atomic mass is 16.1. The summed E-state index contributed by atoms with van der Waals surface area (Å²) in [5.74, 6) is 0. The molecule has 4 N–H and O–H groups in total. The Hall–Kier alpha value is -1.26. The summed E-state index contributed by atoms with van der Waals surface area (Å²) < 4.78 is 0. The predicted molar refractivity (Wildman–Crippen MR) is 45.6 cm³/mol. The van der Waals surface area contributed by atoms with Crippen LogP contribution in [0.3, 0.4) is 0 Å². The van der Waals surface area contributed by atoms with Crippen molar-refractivity contribution in [1.29, 1.82) is 0 Å². The molecular formula is C8H11N3O. The summed E-state index contributed by atoms with van der Waals surface area (Å²) in [5.41, 5.74) is 12.2. The van der Waals surface area contributed by atoms with Gasteiger partial charge >= 0.3 is 0 Å². The zero-order valence-electron chi connectivity index (χ0n) is 6.60. The summed E-state index contributed by atoms with van der Waals surface area (Å²) in [6, 6.07) is 3.14. The molecule has 0 saturated carbocycles. The van der Waals surface area contributed by atoms with Crippen molar-refractivity contribution in [1.82, 2.24) is 4.98 Å². The van der Waals surface area contributed by atoms with E-state index in [9.17, 15) is 4.79 Å². The minimum atomic E-state index is -0.245. The number of nitrogens with two attached hydrogens (primary N) is 2. The van der Waals surface area contributed by atoms with Crippen LogP contribution in [0.4, 0.5) is 0 Å². The SMILES string of the molecule is NC[C@H](N)c1ccc(C=O)cn1. The molecule has 4 heteroatoms. The number of carbonyl (C=O) groups is 1. The van der Waals surface area contributed by atoms with Crippen LogP contribution in [0.2, 0.25) is 0 Å². The van der Waals surface area contributed by atoms with Crippen LogP contribution in [0.25, 0.3) is 0 Å². The van der Waals surface area contributed by atoms with Gasteiger partial charge in [0.05, 0.1) is 11.7 Å². The zero-order valence-corrected chi connectivity index (χ0v) is 6.60. The first-order valence-corrected chi connectivity index (χ1v) is 3.64. The van der Waals surface area contributed by atoms with Crippen LogP contribution in [0.15, 0.2) is 18.3 Å². The molecule has 0 fully saturated rings. The van der Waals surface area contributed by atoms with Crippen LogP contribution in [0.5, 0.6) is 0 Å². The third-order valence-electron chi connectivity index (χ3n) is 1.58. The van der Waals surface area contributed by atoms with Crippen molar-refractivity contribution in [2.45, 2.75) is 6.04 Å². The lowest BCUT2D eigenvalue weighted by Gasteiger charge is -2.06. The first-order chi connectivity index (χ1) is 5.77. The number of hydrogen-bond acceptors (Lipinski definition) is 4. The molecule has 0 aliphatic carbocycles. The van der Waals surface area contributed by atoms with Crippen molar-refractivity contribution in [2.24, 2.45) is 11.5 Å². The van der Waals surface area contributed by atoms with E-state index >= 15 is 0 Å². The fourth-order valence-corrected chi connectivity index (χ4v) is 0.827. The van der Waals surface area contributed by atoms with E-state index in [4.69, 9.17) is 11.5 Å². The Morgan fingerprint density at radius 1 is 1.58 bits per heavy atom. The van der Waals surface area contributed by atoms with Crippen LogP contribution in [-0.4, -0.2) is 17.8 Å². The molecular weight excluding hydrogens is 154 g/mol. The molecule has 0 aliphatic heterocycles. The molecule has 1 aromatic heterocycles. The summed E-state index contributed by atoms with van der Waals surface area (Å²) in [4.78, 5) is 14.2. The fourth-order valence-electron chi connectivity index (χ4n) is 0.827. The maximum atomic E-state index is 10.3. The molecule has 0 unspecified atom stereocenters. The normalized spacial score (nSPS) is 12.5. The van der Waals surface area contributed by atoms with Gasteiger partial charge < -0.3 is 11.5 Å². The lowest BCUT2D eigenvalue weighted by atomic mass is 10.2. The number of rotatable bonds is 3. The Morgan fingerprint density at radius 3 is 2.75 bits per heavy atom. The molecule has 0 amide bonds. The van der Waals surface area contributed by atoms with Crippen LogP contribution >= 0.6 is 0 Å². The van der Waals surface area contributed by atoms with Crippen LogP contribution < -0.4 is 11.5 Å². The molecule has 0 radical (unpaired) electrons. The first-order valence-electron chi connectivity index (χ1n) is 3.64. The van der Waals surface area contributed by atoms with E-state index in [0.717, 1.165) is 6.29 Å². The van der Waals surface area contributed by atoms with Gasteiger partial charge in [-0.1, -0.05) is 0 Å². The topological polar surface area (TPSA) is 82.0 Å². The quantitative estimate of drug-likeness (QED) is 0.610. The van der Waals surface area contributed by atoms with E-state index in [1.165, 1.54) is 6.20 Å². The van der Waals surface area contributed by atoms with Gasteiger partial charge in [0.2, 0.25) is 0 Å². The second-order valence-corrected chi connectivity index (χ2v) is 2.48.